The Kier molecular flexibility index (Phi) is 10.2. The highest BCUT2D eigenvalue weighted by atomic mass is 32.2. The molecule has 2 amide bonds. The van der Waals surface area contributed by atoms with E-state index in [1.54, 1.807) is 0 Å². The molecule has 9 nitrogen and oxygen atoms in total. The molecule has 10 heteroatoms. The molecule has 2 heterocycles. The van der Waals surface area contributed by atoms with Gasteiger partial charge in [-0.25, -0.2) is 13.2 Å². The van der Waals surface area contributed by atoms with Crippen LogP contribution in [0.3, 0.4) is 0 Å². The standard InChI is InChI=1S/C30H47N3O6S/c1-30(2,3)32-28(35)26-17-22-12-7-8-13-23(22)18-33(26)19-27(34)25(16-21-10-5-4-6-11-21)31-29(36)39-24-14-9-15-40(37,38)20-24/h4-6,10-11,22-27,34H,7-9,12-20H2,1-3H3,(H,31,36)(H,32,35)/t22-,23+,24-,25-,26-,27+/m0/s1. The number of nitrogens with one attached hydrogen (secondary N) is 2. The highest BCUT2D eigenvalue weighted by molar-refractivity contribution is 7.91. The van der Waals surface area contributed by atoms with Crippen LogP contribution in [0.2, 0.25) is 0 Å². The number of rotatable bonds is 8. The average molecular weight is 578 g/mol. The third kappa shape index (κ3) is 8.91. The number of amides is 2. The molecule has 0 bridgehead atoms. The van der Waals surface area contributed by atoms with Crippen molar-refractivity contribution in [3.63, 3.8) is 0 Å². The zero-order valence-corrected chi connectivity index (χ0v) is 25.0. The van der Waals surface area contributed by atoms with E-state index in [1.165, 1.54) is 12.8 Å². The van der Waals surface area contributed by atoms with Crippen molar-refractivity contribution in [2.75, 3.05) is 24.6 Å². The molecule has 3 aliphatic rings. The molecule has 2 saturated heterocycles. The SMILES string of the molecule is CC(C)(C)NC(=O)[C@@H]1C[C@@H]2CCCC[C@@H]2CN1C[C@@H](O)[C@H](Cc1ccccc1)NC(=O)O[C@H]1CCCS(=O)(=O)C1. The van der Waals surface area contributed by atoms with Crippen LogP contribution in [-0.2, 0) is 25.8 Å². The molecule has 6 atom stereocenters. The Balaban J connectivity index is 1.48. The fourth-order valence-electron chi connectivity index (χ4n) is 6.56. The van der Waals surface area contributed by atoms with E-state index in [-0.39, 0.29) is 35.5 Å². The Hall–Kier alpha value is -2.17. The lowest BCUT2D eigenvalue weighted by Gasteiger charge is -2.47. The molecule has 40 heavy (non-hydrogen) atoms. The van der Waals surface area contributed by atoms with Crippen LogP contribution in [0.5, 0.6) is 0 Å². The first kappa shape index (κ1) is 30.8. The number of alkyl carbamates (subject to hydrolysis) is 1. The Morgan fingerprint density at radius 3 is 2.45 bits per heavy atom. The van der Waals surface area contributed by atoms with Gasteiger partial charge >= 0.3 is 6.09 Å². The second kappa shape index (κ2) is 13.2. The minimum Gasteiger partial charge on any atom is -0.445 e. The molecular formula is C30H47N3O6S. The van der Waals surface area contributed by atoms with E-state index >= 15 is 0 Å². The van der Waals surface area contributed by atoms with Crippen LogP contribution >= 0.6 is 0 Å². The molecule has 3 fully saturated rings. The minimum atomic E-state index is -3.23. The van der Waals surface area contributed by atoms with Crippen molar-refractivity contribution in [3.05, 3.63) is 35.9 Å². The van der Waals surface area contributed by atoms with Gasteiger partial charge in [0.15, 0.2) is 9.84 Å². The van der Waals surface area contributed by atoms with Crippen LogP contribution in [0, 0.1) is 11.8 Å². The first-order valence-corrected chi connectivity index (χ1v) is 16.7. The number of likely N-dealkylation sites (tertiary alicyclic amines) is 1. The monoisotopic (exact) mass is 577 g/mol. The van der Waals surface area contributed by atoms with Gasteiger partial charge in [0.25, 0.3) is 0 Å². The molecule has 1 aliphatic carbocycles. The Bertz CT molecular complexity index is 1110. The lowest BCUT2D eigenvalue weighted by atomic mass is 9.72. The maximum atomic E-state index is 13.4. The smallest absolute Gasteiger partial charge is 0.407 e. The zero-order chi connectivity index (χ0) is 28.9. The second-order valence-electron chi connectivity index (χ2n) is 13.0. The minimum absolute atomic E-state index is 0.0193. The van der Waals surface area contributed by atoms with Gasteiger partial charge in [-0.2, -0.15) is 0 Å². The van der Waals surface area contributed by atoms with Gasteiger partial charge in [-0.05, 0) is 70.3 Å². The first-order chi connectivity index (χ1) is 18.9. The molecular weight excluding hydrogens is 530 g/mol. The number of fused-ring (bicyclic) bond motifs is 1. The van der Waals surface area contributed by atoms with Crippen LogP contribution in [0.1, 0.15) is 71.3 Å². The van der Waals surface area contributed by atoms with Gasteiger partial charge in [0, 0.05) is 18.6 Å². The summed E-state index contributed by atoms with van der Waals surface area (Å²) < 4.78 is 29.5. The Morgan fingerprint density at radius 2 is 1.77 bits per heavy atom. The van der Waals surface area contributed by atoms with E-state index in [0.717, 1.165) is 31.4 Å². The van der Waals surface area contributed by atoms with E-state index in [2.05, 4.69) is 15.5 Å². The quantitative estimate of drug-likeness (QED) is 0.434. The molecule has 2 aliphatic heterocycles. The molecule has 0 spiro atoms. The molecule has 1 aromatic rings. The summed E-state index contributed by atoms with van der Waals surface area (Å²) in [6.45, 7) is 6.89. The molecule has 3 N–H and O–H groups in total. The zero-order valence-electron chi connectivity index (χ0n) is 24.2. The predicted octanol–water partition coefficient (Wildman–Crippen LogP) is 3.06. The fraction of sp³-hybridized carbons (Fsp3) is 0.733. The van der Waals surface area contributed by atoms with Crippen molar-refractivity contribution in [1.82, 2.24) is 15.5 Å². The number of β-amino-alcohol motifs (C(OH)–C–C–N with tert-alkyl or cyclic N) is 1. The number of hydrogen-bond donors (Lipinski definition) is 3. The van der Waals surface area contributed by atoms with Gasteiger partial charge in [0.2, 0.25) is 5.91 Å². The molecule has 224 valence electrons. The Labute approximate surface area is 239 Å². The van der Waals surface area contributed by atoms with E-state index in [0.29, 0.717) is 31.1 Å². The summed E-state index contributed by atoms with van der Waals surface area (Å²) in [4.78, 5) is 28.4. The number of aliphatic hydroxyl groups is 1. The summed E-state index contributed by atoms with van der Waals surface area (Å²) in [5.74, 6) is 0.934. The largest absolute Gasteiger partial charge is 0.445 e. The summed E-state index contributed by atoms with van der Waals surface area (Å²) >= 11 is 0. The van der Waals surface area contributed by atoms with Gasteiger partial charge < -0.3 is 20.5 Å². The highest BCUT2D eigenvalue weighted by Gasteiger charge is 2.42. The molecule has 1 aromatic carbocycles. The molecule has 0 unspecified atom stereocenters. The first-order valence-electron chi connectivity index (χ1n) is 14.8. The number of carbonyl (C=O) groups is 2. The lowest BCUT2D eigenvalue weighted by Crippen LogP contribution is -2.60. The maximum Gasteiger partial charge on any atom is 0.407 e. The number of benzene rings is 1. The normalized spacial score (nSPS) is 28.5. The summed E-state index contributed by atoms with van der Waals surface area (Å²) in [6.07, 6.45) is 4.39. The summed E-state index contributed by atoms with van der Waals surface area (Å²) in [7, 11) is -3.23. The molecule has 0 aromatic heterocycles. The topological polar surface area (TPSA) is 125 Å². The van der Waals surface area contributed by atoms with Crippen LogP contribution in [0.15, 0.2) is 30.3 Å². The van der Waals surface area contributed by atoms with Gasteiger partial charge in [0.1, 0.15) is 6.10 Å². The van der Waals surface area contributed by atoms with Crippen LogP contribution in [0.25, 0.3) is 0 Å². The van der Waals surface area contributed by atoms with Crippen molar-refractivity contribution in [2.45, 2.75) is 102 Å². The van der Waals surface area contributed by atoms with Gasteiger partial charge in [-0.1, -0.05) is 49.6 Å². The maximum absolute atomic E-state index is 13.4. The highest BCUT2D eigenvalue weighted by Crippen LogP contribution is 2.39. The van der Waals surface area contributed by atoms with Crippen molar-refractivity contribution < 1.29 is 27.9 Å². The second-order valence-corrected chi connectivity index (χ2v) is 15.3. The average Bonchev–Trinajstić information content (AvgIpc) is 2.87. The summed E-state index contributed by atoms with van der Waals surface area (Å²) in [5.41, 5.74) is 0.582. The summed E-state index contributed by atoms with van der Waals surface area (Å²) in [6, 6.07) is 8.58. The van der Waals surface area contributed by atoms with Crippen molar-refractivity contribution in [2.24, 2.45) is 11.8 Å². The summed E-state index contributed by atoms with van der Waals surface area (Å²) in [5, 5.41) is 17.5. The number of hydrogen-bond acceptors (Lipinski definition) is 7. The van der Waals surface area contributed by atoms with E-state index in [9.17, 15) is 23.1 Å². The number of carbonyl (C=O) groups excluding carboxylic acids is 2. The van der Waals surface area contributed by atoms with E-state index in [4.69, 9.17) is 4.74 Å². The van der Waals surface area contributed by atoms with E-state index in [1.807, 2.05) is 51.1 Å². The number of sulfone groups is 1. The van der Waals surface area contributed by atoms with Gasteiger partial charge in [0.05, 0.1) is 29.7 Å². The van der Waals surface area contributed by atoms with Crippen molar-refractivity contribution in [3.8, 4) is 0 Å². The van der Waals surface area contributed by atoms with Crippen LogP contribution < -0.4 is 10.6 Å². The van der Waals surface area contributed by atoms with Crippen molar-refractivity contribution >= 4 is 21.8 Å². The Morgan fingerprint density at radius 1 is 1.07 bits per heavy atom. The molecule has 0 radical (unpaired) electrons. The van der Waals surface area contributed by atoms with Crippen molar-refractivity contribution in [1.29, 1.82) is 0 Å². The third-order valence-electron chi connectivity index (χ3n) is 8.49. The predicted molar refractivity (Wildman–Crippen MR) is 155 cm³/mol. The number of ether oxygens (including phenoxy) is 1. The van der Waals surface area contributed by atoms with Gasteiger partial charge in [-0.15, -0.1) is 0 Å². The molecule has 1 saturated carbocycles. The van der Waals surface area contributed by atoms with Crippen LogP contribution in [0.4, 0.5) is 4.79 Å². The number of nitrogens with zero attached hydrogens (tertiary/aromatic N) is 1. The van der Waals surface area contributed by atoms with Gasteiger partial charge in [-0.3, -0.25) is 9.69 Å². The molecule has 4 rings (SSSR count). The van der Waals surface area contributed by atoms with Crippen LogP contribution in [-0.4, -0.2) is 84.9 Å². The van der Waals surface area contributed by atoms with E-state index < -0.39 is 34.2 Å². The number of aliphatic hydroxyl groups excluding tert-OH is 1. The third-order valence-corrected chi connectivity index (χ3v) is 10.3. The fourth-order valence-corrected chi connectivity index (χ4v) is 8.13. The number of piperidine rings is 1. The lowest BCUT2D eigenvalue weighted by molar-refractivity contribution is -0.132.